The Morgan fingerprint density at radius 1 is 1.24 bits per heavy atom. The Hall–Kier alpha value is -2.54. The maximum absolute atomic E-state index is 12.1. The monoisotopic (exact) mass is 358 g/mol. The first kappa shape index (κ1) is 18.8. The molecule has 0 saturated carbocycles. The molecule has 2 aromatic rings. The molecule has 1 unspecified atom stereocenters. The number of anilines is 1. The number of nitrogens with one attached hydrogen (secondary N) is 2. The van der Waals surface area contributed by atoms with Gasteiger partial charge in [-0.3, -0.25) is 14.9 Å². The second kappa shape index (κ2) is 9.68. The highest BCUT2D eigenvalue weighted by atomic mass is 32.1. The number of aryl methyl sites for hydroxylation is 1. The van der Waals surface area contributed by atoms with Crippen molar-refractivity contribution >= 4 is 34.4 Å². The van der Waals surface area contributed by atoms with Crippen LogP contribution in [-0.4, -0.2) is 28.1 Å². The van der Waals surface area contributed by atoms with Crippen molar-refractivity contribution in [1.82, 2.24) is 15.5 Å². The second-order valence-corrected chi connectivity index (χ2v) is 6.63. The van der Waals surface area contributed by atoms with E-state index in [0.717, 1.165) is 29.8 Å². The number of rotatable bonds is 8. The number of carbonyl (C=O) groups excluding carboxylic acids is 2. The average Bonchev–Trinajstić information content (AvgIpc) is 3.06. The SMILES string of the molecule is CCCCc1nnc(NC(=O)C(C)NC(=O)C=Cc2ccccc2)s1. The fraction of sp³-hybridized carbons (Fsp3) is 0.333. The van der Waals surface area contributed by atoms with Crippen LogP contribution in [0.2, 0.25) is 0 Å². The lowest BCUT2D eigenvalue weighted by molar-refractivity contribution is -0.123. The molecule has 1 heterocycles. The molecule has 0 bridgehead atoms. The van der Waals surface area contributed by atoms with E-state index in [1.807, 2.05) is 30.3 Å². The van der Waals surface area contributed by atoms with Crippen molar-refractivity contribution in [2.75, 3.05) is 5.32 Å². The van der Waals surface area contributed by atoms with Gasteiger partial charge in [0.25, 0.3) is 0 Å². The quantitative estimate of drug-likeness (QED) is 0.711. The lowest BCUT2D eigenvalue weighted by Crippen LogP contribution is -2.40. The predicted molar refractivity (Wildman–Crippen MR) is 100 cm³/mol. The fourth-order valence-electron chi connectivity index (χ4n) is 2.01. The molecule has 0 saturated heterocycles. The summed E-state index contributed by atoms with van der Waals surface area (Å²) >= 11 is 1.36. The highest BCUT2D eigenvalue weighted by Gasteiger charge is 2.16. The fourth-order valence-corrected chi connectivity index (χ4v) is 2.79. The number of nitrogens with zero attached hydrogens (tertiary/aromatic N) is 2. The molecule has 7 heteroatoms. The molecule has 2 N–H and O–H groups in total. The molecule has 6 nitrogen and oxygen atoms in total. The van der Waals surface area contributed by atoms with Crippen LogP contribution in [0.4, 0.5) is 5.13 Å². The average molecular weight is 358 g/mol. The van der Waals surface area contributed by atoms with Crippen molar-refractivity contribution in [1.29, 1.82) is 0 Å². The van der Waals surface area contributed by atoms with Crippen LogP contribution in [0, 0.1) is 0 Å². The predicted octanol–water partition coefficient (Wildman–Crippen LogP) is 3.04. The molecule has 1 atom stereocenters. The van der Waals surface area contributed by atoms with Crippen LogP contribution in [0.15, 0.2) is 36.4 Å². The first-order valence-corrected chi connectivity index (χ1v) is 9.07. The Morgan fingerprint density at radius 3 is 2.72 bits per heavy atom. The topological polar surface area (TPSA) is 84.0 Å². The second-order valence-electron chi connectivity index (χ2n) is 5.57. The number of amides is 2. The van der Waals surface area contributed by atoms with Crippen LogP contribution in [0.5, 0.6) is 0 Å². The Kier molecular flexibility index (Phi) is 7.28. The van der Waals surface area contributed by atoms with Gasteiger partial charge in [-0.1, -0.05) is 55.0 Å². The van der Waals surface area contributed by atoms with E-state index >= 15 is 0 Å². The van der Waals surface area contributed by atoms with Gasteiger partial charge < -0.3 is 5.32 Å². The Morgan fingerprint density at radius 2 is 2.00 bits per heavy atom. The van der Waals surface area contributed by atoms with E-state index in [0.29, 0.717) is 5.13 Å². The number of hydrogen-bond acceptors (Lipinski definition) is 5. The summed E-state index contributed by atoms with van der Waals surface area (Å²) in [4.78, 5) is 24.0. The molecular weight excluding hydrogens is 336 g/mol. The van der Waals surface area contributed by atoms with Gasteiger partial charge in [0.2, 0.25) is 16.9 Å². The maximum atomic E-state index is 12.1. The summed E-state index contributed by atoms with van der Waals surface area (Å²) in [5, 5.41) is 14.7. The zero-order valence-electron chi connectivity index (χ0n) is 14.4. The Bertz CT molecular complexity index is 728. The van der Waals surface area contributed by atoms with Gasteiger partial charge in [-0.05, 0) is 25.0 Å². The normalized spacial score (nSPS) is 12.1. The number of unbranched alkanes of at least 4 members (excludes halogenated alkanes) is 1. The molecule has 0 aliphatic heterocycles. The van der Waals surface area contributed by atoms with Gasteiger partial charge in [0.05, 0.1) is 0 Å². The molecule has 1 aromatic heterocycles. The van der Waals surface area contributed by atoms with Gasteiger partial charge in [0.1, 0.15) is 11.0 Å². The van der Waals surface area contributed by atoms with Crippen molar-refractivity contribution in [3.05, 3.63) is 47.0 Å². The van der Waals surface area contributed by atoms with Crippen LogP contribution in [0.25, 0.3) is 6.08 Å². The maximum Gasteiger partial charge on any atom is 0.248 e. The zero-order valence-corrected chi connectivity index (χ0v) is 15.2. The van der Waals surface area contributed by atoms with Crippen LogP contribution in [-0.2, 0) is 16.0 Å². The van der Waals surface area contributed by atoms with Crippen molar-refractivity contribution in [3.8, 4) is 0 Å². The van der Waals surface area contributed by atoms with Gasteiger partial charge in [0, 0.05) is 12.5 Å². The van der Waals surface area contributed by atoms with E-state index < -0.39 is 6.04 Å². The number of hydrogen-bond donors (Lipinski definition) is 2. The molecule has 0 spiro atoms. The smallest absolute Gasteiger partial charge is 0.248 e. The minimum atomic E-state index is -0.670. The van der Waals surface area contributed by atoms with Gasteiger partial charge in [-0.2, -0.15) is 0 Å². The summed E-state index contributed by atoms with van der Waals surface area (Å²) in [6, 6.07) is 8.81. The minimum Gasteiger partial charge on any atom is -0.341 e. The van der Waals surface area contributed by atoms with Gasteiger partial charge in [-0.15, -0.1) is 10.2 Å². The summed E-state index contributed by atoms with van der Waals surface area (Å²) in [6.45, 7) is 3.74. The van der Waals surface area contributed by atoms with Gasteiger partial charge in [-0.25, -0.2) is 0 Å². The molecule has 0 aliphatic carbocycles. The number of benzene rings is 1. The van der Waals surface area contributed by atoms with Crippen molar-refractivity contribution in [2.24, 2.45) is 0 Å². The van der Waals surface area contributed by atoms with Crippen LogP contribution in [0.3, 0.4) is 0 Å². The van der Waals surface area contributed by atoms with E-state index in [-0.39, 0.29) is 11.8 Å². The standard InChI is InChI=1S/C18H22N4O2S/c1-3-4-10-16-21-22-18(25-16)20-17(24)13(2)19-15(23)12-11-14-8-6-5-7-9-14/h5-9,11-13H,3-4,10H2,1-2H3,(H,19,23)(H,20,22,24). The zero-order chi connectivity index (χ0) is 18.1. The molecular formula is C18H22N4O2S. The third-order valence-corrected chi connectivity index (χ3v) is 4.32. The van der Waals surface area contributed by atoms with Crippen molar-refractivity contribution in [3.63, 3.8) is 0 Å². The molecule has 0 aliphatic rings. The summed E-state index contributed by atoms with van der Waals surface area (Å²) < 4.78 is 0. The summed E-state index contributed by atoms with van der Waals surface area (Å²) in [5.74, 6) is -0.646. The molecule has 2 rings (SSSR count). The molecule has 0 fully saturated rings. The van der Waals surface area contributed by atoms with E-state index in [1.165, 1.54) is 17.4 Å². The van der Waals surface area contributed by atoms with E-state index in [9.17, 15) is 9.59 Å². The lowest BCUT2D eigenvalue weighted by Gasteiger charge is -2.11. The van der Waals surface area contributed by atoms with Crippen LogP contribution in [0.1, 0.15) is 37.3 Å². The molecule has 132 valence electrons. The van der Waals surface area contributed by atoms with Crippen molar-refractivity contribution in [2.45, 2.75) is 39.2 Å². The van der Waals surface area contributed by atoms with Crippen LogP contribution >= 0.6 is 11.3 Å². The van der Waals surface area contributed by atoms with E-state index in [1.54, 1.807) is 13.0 Å². The first-order valence-electron chi connectivity index (χ1n) is 8.25. The van der Waals surface area contributed by atoms with Gasteiger partial charge >= 0.3 is 0 Å². The number of carbonyl (C=O) groups is 2. The van der Waals surface area contributed by atoms with Crippen LogP contribution < -0.4 is 10.6 Å². The summed E-state index contributed by atoms with van der Waals surface area (Å²) in [5.41, 5.74) is 0.920. The Balaban J connectivity index is 1.82. The highest BCUT2D eigenvalue weighted by molar-refractivity contribution is 7.15. The minimum absolute atomic E-state index is 0.320. The summed E-state index contributed by atoms with van der Waals surface area (Å²) in [7, 11) is 0. The molecule has 2 amide bonds. The summed E-state index contributed by atoms with van der Waals surface area (Å²) in [6.07, 6.45) is 6.10. The van der Waals surface area contributed by atoms with E-state index in [4.69, 9.17) is 0 Å². The molecule has 1 aromatic carbocycles. The Labute approximate surface area is 151 Å². The number of aromatic nitrogens is 2. The van der Waals surface area contributed by atoms with Crippen molar-refractivity contribution < 1.29 is 9.59 Å². The first-order chi connectivity index (χ1) is 12.1. The lowest BCUT2D eigenvalue weighted by atomic mass is 10.2. The highest BCUT2D eigenvalue weighted by Crippen LogP contribution is 2.17. The third-order valence-electron chi connectivity index (χ3n) is 3.42. The van der Waals surface area contributed by atoms with E-state index in [2.05, 4.69) is 27.8 Å². The largest absolute Gasteiger partial charge is 0.341 e. The van der Waals surface area contributed by atoms with Gasteiger partial charge in [0.15, 0.2) is 0 Å². The third kappa shape index (κ3) is 6.46. The molecule has 0 radical (unpaired) electrons. The molecule has 25 heavy (non-hydrogen) atoms.